The van der Waals surface area contributed by atoms with Gasteiger partial charge in [0.25, 0.3) is 15.7 Å². The zero-order chi connectivity index (χ0) is 13.6. The summed E-state index contributed by atoms with van der Waals surface area (Å²) in [5.41, 5.74) is 8.67. The van der Waals surface area contributed by atoms with Crippen molar-refractivity contribution < 1.29 is 14.4 Å². The van der Waals surface area contributed by atoms with Gasteiger partial charge in [-0.25, -0.2) is 0 Å². The van der Waals surface area contributed by atoms with E-state index < -0.39 is 10.5 Å². The van der Waals surface area contributed by atoms with Gasteiger partial charge in [-0.05, 0) is 6.42 Å². The Labute approximate surface area is 111 Å². The molecule has 3 amide bonds. The second-order valence-electron chi connectivity index (χ2n) is 2.26. The number of carbonyl (C=O) groups is 3. The number of nitrogens with two attached hydrogens (primary N) is 2. The Hall–Kier alpha value is -0.540. The van der Waals surface area contributed by atoms with Gasteiger partial charge in [0.05, 0.1) is 0 Å². The van der Waals surface area contributed by atoms with E-state index in [0.717, 1.165) is 19.4 Å². The van der Waals surface area contributed by atoms with E-state index >= 15 is 0 Å². The standard InChI is InChI=1S/C5H11NOS.2CH3NOS/c1-2-3-4-6-5(7)8;2*2-1(3)4/h2-4H2,1H3,(H2,6,7,8);2*(H3,2,3,4). The first-order valence-corrected chi connectivity index (χ1v) is 5.51. The lowest BCUT2D eigenvalue weighted by Crippen LogP contribution is -2.17. The van der Waals surface area contributed by atoms with Gasteiger partial charge in [0.1, 0.15) is 0 Å². The number of nitrogens with one attached hydrogen (secondary N) is 1. The van der Waals surface area contributed by atoms with Crippen LogP contribution in [-0.4, -0.2) is 22.3 Å². The molecule has 9 heteroatoms. The molecule has 0 unspecified atom stereocenters. The second kappa shape index (κ2) is 16.9. The lowest BCUT2D eigenvalue weighted by molar-refractivity contribution is 0.260. The molecule has 0 saturated heterocycles. The third-order valence-electron chi connectivity index (χ3n) is 0.807. The van der Waals surface area contributed by atoms with Gasteiger partial charge in [0.15, 0.2) is 0 Å². The third kappa shape index (κ3) is 105. The maximum atomic E-state index is 10.1. The minimum Gasteiger partial charge on any atom is -0.361 e. The molecule has 0 aromatic carbocycles. The van der Waals surface area contributed by atoms with Crippen LogP contribution in [0.3, 0.4) is 0 Å². The fourth-order valence-corrected chi connectivity index (χ4v) is 0.484. The lowest BCUT2D eigenvalue weighted by Gasteiger charge is -1.95. The number of amides is 3. The topological polar surface area (TPSA) is 115 Å². The van der Waals surface area contributed by atoms with E-state index in [1.165, 1.54) is 0 Å². The molecule has 96 valence electrons. The van der Waals surface area contributed by atoms with Crippen LogP contribution in [0.15, 0.2) is 0 Å². The van der Waals surface area contributed by atoms with Crippen LogP contribution >= 0.6 is 37.9 Å². The Balaban J connectivity index is -0.000000179. The number of hydrogen-bond acceptors (Lipinski definition) is 3. The molecule has 0 bridgehead atoms. The summed E-state index contributed by atoms with van der Waals surface area (Å²) < 4.78 is 0. The van der Waals surface area contributed by atoms with E-state index in [4.69, 9.17) is 9.59 Å². The van der Waals surface area contributed by atoms with Crippen LogP contribution < -0.4 is 16.8 Å². The molecule has 0 saturated carbocycles. The van der Waals surface area contributed by atoms with Crippen molar-refractivity contribution in [1.82, 2.24) is 5.32 Å². The largest absolute Gasteiger partial charge is 0.361 e. The van der Waals surface area contributed by atoms with Crippen molar-refractivity contribution in [2.45, 2.75) is 19.8 Å². The maximum Gasteiger partial charge on any atom is 0.275 e. The van der Waals surface area contributed by atoms with Crippen molar-refractivity contribution in [2.75, 3.05) is 6.54 Å². The molecule has 0 heterocycles. The summed E-state index contributed by atoms with van der Waals surface area (Å²) in [6, 6.07) is 0. The van der Waals surface area contributed by atoms with Crippen LogP contribution in [0, 0.1) is 0 Å². The third-order valence-corrected chi connectivity index (χ3v) is 0.965. The molecule has 0 aliphatic heterocycles. The average Bonchev–Trinajstić information content (AvgIpc) is 2.01. The van der Waals surface area contributed by atoms with Crippen molar-refractivity contribution in [3.63, 3.8) is 0 Å². The normalized spacial score (nSPS) is 7.50. The summed E-state index contributed by atoms with van der Waals surface area (Å²) >= 11 is 9.73. The van der Waals surface area contributed by atoms with Crippen LogP contribution in [0.4, 0.5) is 14.4 Å². The van der Waals surface area contributed by atoms with Crippen LogP contribution in [0.2, 0.25) is 0 Å². The minimum absolute atomic E-state index is 0.238. The van der Waals surface area contributed by atoms with Gasteiger partial charge in [0, 0.05) is 6.54 Å². The summed E-state index contributed by atoms with van der Waals surface area (Å²) in [4.78, 5) is 28.2. The van der Waals surface area contributed by atoms with Gasteiger partial charge >= 0.3 is 0 Å². The van der Waals surface area contributed by atoms with Crippen molar-refractivity contribution in [3.8, 4) is 0 Å². The molecule has 0 aliphatic carbocycles. The highest BCUT2D eigenvalue weighted by Crippen LogP contribution is 1.83. The highest BCUT2D eigenvalue weighted by atomic mass is 32.1. The Kier molecular flexibility index (Phi) is 22.0. The zero-order valence-electron chi connectivity index (χ0n) is 8.84. The molecule has 0 spiro atoms. The maximum absolute atomic E-state index is 10.1. The van der Waals surface area contributed by atoms with Gasteiger partial charge in [-0.2, -0.15) is 0 Å². The summed E-state index contributed by atoms with van der Waals surface area (Å²) in [7, 11) is 0. The summed E-state index contributed by atoms with van der Waals surface area (Å²) in [6.45, 7) is 2.82. The Morgan fingerprint density at radius 2 is 1.38 bits per heavy atom. The fraction of sp³-hybridized carbons (Fsp3) is 0.571. The van der Waals surface area contributed by atoms with Crippen molar-refractivity contribution in [3.05, 3.63) is 0 Å². The SMILES string of the molecule is CCCCNC(=O)S.NC(=O)S.NC(=O)S. The van der Waals surface area contributed by atoms with E-state index in [1.54, 1.807) is 0 Å². The number of unbranched alkanes of at least 4 members (excludes halogenated alkanes) is 1. The number of hydrogen-bond donors (Lipinski definition) is 6. The average molecular weight is 287 g/mol. The van der Waals surface area contributed by atoms with Crippen LogP contribution in [-0.2, 0) is 0 Å². The van der Waals surface area contributed by atoms with Gasteiger partial charge in [0.2, 0.25) is 0 Å². The highest BCUT2D eigenvalue weighted by molar-refractivity contribution is 7.96. The van der Waals surface area contributed by atoms with E-state index in [-0.39, 0.29) is 5.24 Å². The Morgan fingerprint density at radius 1 is 1.06 bits per heavy atom. The number of primary amides is 2. The summed E-state index contributed by atoms with van der Waals surface area (Å²) in [5, 5.41) is 1.06. The molecule has 0 atom stereocenters. The van der Waals surface area contributed by atoms with Gasteiger partial charge in [-0.1, -0.05) is 51.2 Å². The number of carbonyl (C=O) groups excluding carboxylic acids is 3. The first-order valence-electron chi connectivity index (χ1n) is 4.17. The second-order valence-corrected chi connectivity index (χ2v) is 3.55. The first-order chi connectivity index (χ1) is 7.23. The van der Waals surface area contributed by atoms with E-state index in [2.05, 4.69) is 61.6 Å². The van der Waals surface area contributed by atoms with Crippen molar-refractivity contribution in [2.24, 2.45) is 11.5 Å². The van der Waals surface area contributed by atoms with E-state index in [1.807, 2.05) is 0 Å². The Bertz CT molecular complexity index is 194. The van der Waals surface area contributed by atoms with E-state index in [0.29, 0.717) is 0 Å². The number of rotatable bonds is 3. The fourth-order valence-electron chi connectivity index (χ4n) is 0.372. The molecule has 16 heavy (non-hydrogen) atoms. The molecule has 0 aliphatic rings. The predicted molar refractivity (Wildman–Crippen MR) is 74.4 cm³/mol. The first kappa shape index (κ1) is 20.8. The molecule has 0 fully saturated rings. The van der Waals surface area contributed by atoms with Crippen LogP contribution in [0.1, 0.15) is 19.8 Å². The smallest absolute Gasteiger partial charge is 0.275 e. The quantitative estimate of drug-likeness (QED) is 0.348. The summed E-state index contributed by atoms with van der Waals surface area (Å²) in [5.74, 6) is 0. The molecule has 6 nitrogen and oxygen atoms in total. The molecule has 0 aromatic heterocycles. The minimum atomic E-state index is -0.639. The monoisotopic (exact) mass is 287 g/mol. The molecule has 0 rings (SSSR count). The van der Waals surface area contributed by atoms with Crippen molar-refractivity contribution >= 4 is 53.6 Å². The van der Waals surface area contributed by atoms with Crippen LogP contribution in [0.5, 0.6) is 0 Å². The van der Waals surface area contributed by atoms with E-state index in [9.17, 15) is 4.79 Å². The van der Waals surface area contributed by atoms with Crippen molar-refractivity contribution in [1.29, 1.82) is 0 Å². The molecular weight excluding hydrogens is 270 g/mol. The Morgan fingerprint density at radius 3 is 1.56 bits per heavy atom. The molecule has 5 N–H and O–H groups in total. The van der Waals surface area contributed by atoms with Gasteiger partial charge < -0.3 is 16.8 Å². The predicted octanol–water partition coefficient (Wildman–Crippen LogP) is 1.42. The number of thiol groups is 3. The molecular formula is C7H17N3O3S3. The van der Waals surface area contributed by atoms with Gasteiger partial charge in [-0.3, -0.25) is 14.4 Å². The zero-order valence-corrected chi connectivity index (χ0v) is 11.5. The molecule has 0 radical (unpaired) electrons. The highest BCUT2D eigenvalue weighted by Gasteiger charge is 1.86. The van der Waals surface area contributed by atoms with Crippen LogP contribution in [0.25, 0.3) is 0 Å². The summed E-state index contributed by atoms with van der Waals surface area (Å²) in [6.07, 6.45) is 2.14. The van der Waals surface area contributed by atoms with Gasteiger partial charge in [-0.15, -0.1) is 0 Å². The molecule has 0 aromatic rings. The lowest BCUT2D eigenvalue weighted by atomic mass is 10.3.